The summed E-state index contributed by atoms with van der Waals surface area (Å²) in [5.74, 6) is 0. The molecular weight excluding hydrogens is 184 g/mol. The van der Waals surface area contributed by atoms with Crippen molar-refractivity contribution in [1.82, 2.24) is 10.2 Å². The van der Waals surface area contributed by atoms with E-state index >= 15 is 0 Å². The number of hydrogen-bond donors (Lipinski definition) is 1. The summed E-state index contributed by atoms with van der Waals surface area (Å²) in [6.07, 6.45) is 0.433. The molecule has 68 valence electrons. The Morgan fingerprint density at radius 2 is 2.08 bits per heavy atom. The Balaban J connectivity index is 1.87. The highest BCUT2D eigenvalue weighted by atomic mass is 35.5. The van der Waals surface area contributed by atoms with Gasteiger partial charge in [0.25, 0.3) is 0 Å². The number of benzene rings is 1. The summed E-state index contributed by atoms with van der Waals surface area (Å²) >= 11 is 5.83. The minimum absolute atomic E-state index is 0.433. The maximum Gasteiger partial charge on any atom is 0.0865 e. The fraction of sp³-hybridized carbons (Fsp3) is 0.400. The van der Waals surface area contributed by atoms with Crippen LogP contribution in [0.25, 0.3) is 0 Å². The van der Waals surface area contributed by atoms with E-state index in [1.54, 1.807) is 0 Å². The SMILES string of the molecule is Clc1ccc(C2NCC3CN32)cc1. The zero-order chi connectivity index (χ0) is 8.84. The molecule has 0 spiro atoms. The van der Waals surface area contributed by atoms with Crippen LogP contribution in [0.3, 0.4) is 0 Å². The molecule has 1 aromatic carbocycles. The van der Waals surface area contributed by atoms with Crippen molar-refractivity contribution in [3.05, 3.63) is 34.9 Å². The van der Waals surface area contributed by atoms with Gasteiger partial charge < -0.3 is 0 Å². The summed E-state index contributed by atoms with van der Waals surface area (Å²) in [6, 6.07) is 8.90. The van der Waals surface area contributed by atoms with E-state index in [9.17, 15) is 0 Å². The minimum atomic E-state index is 0.433. The van der Waals surface area contributed by atoms with Crippen LogP contribution in [0.15, 0.2) is 24.3 Å². The van der Waals surface area contributed by atoms with E-state index in [1.165, 1.54) is 12.1 Å². The molecule has 3 heteroatoms. The highest BCUT2D eigenvalue weighted by Crippen LogP contribution is 2.35. The van der Waals surface area contributed by atoms with Crippen LogP contribution in [0.5, 0.6) is 0 Å². The maximum atomic E-state index is 5.83. The topological polar surface area (TPSA) is 15.0 Å². The molecule has 0 radical (unpaired) electrons. The van der Waals surface area contributed by atoms with Crippen LogP contribution >= 0.6 is 11.6 Å². The normalized spacial score (nSPS) is 35.9. The molecule has 0 aromatic heterocycles. The lowest BCUT2D eigenvalue weighted by Crippen LogP contribution is -2.21. The first-order chi connectivity index (χ1) is 6.34. The second kappa shape index (κ2) is 2.71. The van der Waals surface area contributed by atoms with Crippen molar-refractivity contribution in [3.8, 4) is 0 Å². The third-order valence-corrected chi connectivity index (χ3v) is 3.07. The van der Waals surface area contributed by atoms with E-state index in [-0.39, 0.29) is 0 Å². The number of rotatable bonds is 1. The molecule has 0 bridgehead atoms. The second-order valence-electron chi connectivity index (χ2n) is 3.71. The van der Waals surface area contributed by atoms with Crippen LogP contribution in [0.4, 0.5) is 0 Å². The minimum Gasteiger partial charge on any atom is -0.296 e. The van der Waals surface area contributed by atoms with Gasteiger partial charge >= 0.3 is 0 Å². The molecule has 3 unspecified atom stereocenters. The molecule has 2 nitrogen and oxygen atoms in total. The first-order valence-electron chi connectivity index (χ1n) is 4.59. The Hall–Kier alpha value is -0.570. The van der Waals surface area contributed by atoms with Gasteiger partial charge in [0.2, 0.25) is 0 Å². The summed E-state index contributed by atoms with van der Waals surface area (Å²) in [5, 5.41) is 4.28. The monoisotopic (exact) mass is 194 g/mol. The molecule has 3 rings (SSSR count). The Morgan fingerprint density at radius 1 is 1.31 bits per heavy atom. The highest BCUT2D eigenvalue weighted by Gasteiger charge is 2.45. The van der Waals surface area contributed by atoms with Crippen LogP contribution < -0.4 is 5.32 Å². The zero-order valence-corrected chi connectivity index (χ0v) is 7.96. The van der Waals surface area contributed by atoms with Crippen molar-refractivity contribution < 1.29 is 0 Å². The van der Waals surface area contributed by atoms with Crippen molar-refractivity contribution in [3.63, 3.8) is 0 Å². The molecule has 2 fully saturated rings. The predicted octanol–water partition coefficient (Wildman–Crippen LogP) is 1.63. The maximum absolute atomic E-state index is 5.83. The standard InChI is InChI=1S/C10H11ClN2/c11-8-3-1-7(2-4-8)10-12-5-9-6-13(9)10/h1-4,9-10,12H,5-6H2. The smallest absolute Gasteiger partial charge is 0.0865 e. The van der Waals surface area contributed by atoms with Crippen molar-refractivity contribution >= 4 is 11.6 Å². The van der Waals surface area contributed by atoms with Crippen LogP contribution in [0.1, 0.15) is 11.7 Å². The fourth-order valence-electron chi connectivity index (χ4n) is 2.01. The lowest BCUT2D eigenvalue weighted by atomic mass is 10.2. The number of halogens is 1. The molecule has 1 N–H and O–H groups in total. The molecule has 2 aliphatic heterocycles. The van der Waals surface area contributed by atoms with Gasteiger partial charge in [-0.05, 0) is 17.7 Å². The summed E-state index contributed by atoms with van der Waals surface area (Å²) in [5.41, 5.74) is 1.32. The van der Waals surface area contributed by atoms with E-state index in [0.717, 1.165) is 17.6 Å². The van der Waals surface area contributed by atoms with E-state index < -0.39 is 0 Å². The van der Waals surface area contributed by atoms with Crippen molar-refractivity contribution in [2.45, 2.75) is 12.2 Å². The zero-order valence-electron chi connectivity index (χ0n) is 7.20. The highest BCUT2D eigenvalue weighted by molar-refractivity contribution is 6.30. The van der Waals surface area contributed by atoms with E-state index in [4.69, 9.17) is 11.6 Å². The lowest BCUT2D eigenvalue weighted by Gasteiger charge is -2.14. The summed E-state index contributed by atoms with van der Waals surface area (Å²) in [6.45, 7) is 2.38. The number of nitrogens with zero attached hydrogens (tertiary/aromatic N) is 1. The molecule has 2 heterocycles. The number of fused-ring (bicyclic) bond motifs is 1. The lowest BCUT2D eigenvalue weighted by molar-refractivity contribution is 0.404. The van der Waals surface area contributed by atoms with Crippen LogP contribution in [0.2, 0.25) is 5.02 Å². The molecule has 2 aliphatic rings. The summed E-state index contributed by atoms with van der Waals surface area (Å²) in [4.78, 5) is 2.46. The number of hydrogen-bond acceptors (Lipinski definition) is 2. The van der Waals surface area contributed by atoms with Crippen molar-refractivity contribution in [2.75, 3.05) is 13.1 Å². The van der Waals surface area contributed by atoms with E-state index in [1.807, 2.05) is 12.1 Å². The molecule has 0 aliphatic carbocycles. The van der Waals surface area contributed by atoms with Crippen molar-refractivity contribution in [2.24, 2.45) is 0 Å². The molecule has 3 atom stereocenters. The van der Waals surface area contributed by atoms with Crippen LogP contribution in [0, 0.1) is 0 Å². The van der Waals surface area contributed by atoms with Gasteiger partial charge in [0.1, 0.15) is 0 Å². The molecule has 13 heavy (non-hydrogen) atoms. The third-order valence-electron chi connectivity index (χ3n) is 2.82. The van der Waals surface area contributed by atoms with E-state index in [0.29, 0.717) is 6.17 Å². The van der Waals surface area contributed by atoms with Crippen molar-refractivity contribution in [1.29, 1.82) is 0 Å². The Bertz CT molecular complexity index is 322. The Kier molecular flexibility index (Phi) is 1.62. The summed E-state index contributed by atoms with van der Waals surface area (Å²) < 4.78 is 0. The first kappa shape index (κ1) is 7.80. The molecular formula is C10H11ClN2. The second-order valence-corrected chi connectivity index (χ2v) is 4.15. The molecule has 1 aromatic rings. The fourth-order valence-corrected chi connectivity index (χ4v) is 2.14. The largest absolute Gasteiger partial charge is 0.296 e. The Labute approximate surface area is 82.5 Å². The van der Waals surface area contributed by atoms with Gasteiger partial charge in [-0.15, -0.1) is 0 Å². The van der Waals surface area contributed by atoms with Gasteiger partial charge in [-0.1, -0.05) is 23.7 Å². The van der Waals surface area contributed by atoms with Gasteiger partial charge in [0, 0.05) is 24.2 Å². The Morgan fingerprint density at radius 3 is 2.62 bits per heavy atom. The predicted molar refractivity (Wildman–Crippen MR) is 52.7 cm³/mol. The van der Waals surface area contributed by atoms with Gasteiger partial charge in [0.05, 0.1) is 6.17 Å². The average molecular weight is 195 g/mol. The molecule has 0 amide bonds. The molecule has 2 saturated heterocycles. The van der Waals surface area contributed by atoms with Gasteiger partial charge in [-0.2, -0.15) is 0 Å². The number of nitrogens with one attached hydrogen (secondary N) is 1. The summed E-state index contributed by atoms with van der Waals surface area (Å²) in [7, 11) is 0. The average Bonchev–Trinajstić information content (AvgIpc) is 2.81. The quantitative estimate of drug-likeness (QED) is 0.684. The van der Waals surface area contributed by atoms with Gasteiger partial charge in [-0.25, -0.2) is 0 Å². The van der Waals surface area contributed by atoms with Crippen LogP contribution in [-0.2, 0) is 0 Å². The third kappa shape index (κ3) is 1.26. The van der Waals surface area contributed by atoms with Crippen LogP contribution in [-0.4, -0.2) is 24.0 Å². The van der Waals surface area contributed by atoms with Gasteiger partial charge in [-0.3, -0.25) is 10.2 Å². The van der Waals surface area contributed by atoms with E-state index in [2.05, 4.69) is 22.3 Å². The van der Waals surface area contributed by atoms with Gasteiger partial charge in [0.15, 0.2) is 0 Å². The first-order valence-corrected chi connectivity index (χ1v) is 4.97. The molecule has 0 saturated carbocycles.